The molecule has 0 aliphatic carbocycles. The summed E-state index contributed by atoms with van der Waals surface area (Å²) in [4.78, 5) is 12.6. The summed E-state index contributed by atoms with van der Waals surface area (Å²) >= 11 is 0. The normalized spacial score (nSPS) is 11.9. The molecule has 3 rings (SSSR count). The molecule has 1 unspecified atom stereocenters. The number of para-hydroxylation sites is 1. The van der Waals surface area contributed by atoms with Crippen LogP contribution in [0.3, 0.4) is 0 Å². The second-order valence-electron chi connectivity index (χ2n) is 5.38. The number of nitrogens with zero attached hydrogens (tertiary/aromatic N) is 4. The van der Waals surface area contributed by atoms with Crippen molar-refractivity contribution in [1.29, 1.82) is 0 Å². The van der Waals surface area contributed by atoms with Gasteiger partial charge in [-0.25, -0.2) is 0 Å². The molecule has 6 nitrogen and oxygen atoms in total. The topological polar surface area (TPSA) is 72.7 Å². The van der Waals surface area contributed by atoms with E-state index in [0.29, 0.717) is 11.3 Å². The van der Waals surface area contributed by atoms with Crippen LogP contribution in [-0.2, 0) is 0 Å². The van der Waals surface area contributed by atoms with Gasteiger partial charge in [0.05, 0.1) is 17.3 Å². The van der Waals surface area contributed by atoms with E-state index >= 15 is 0 Å². The van der Waals surface area contributed by atoms with Crippen molar-refractivity contribution >= 4 is 5.91 Å². The summed E-state index contributed by atoms with van der Waals surface area (Å²) in [5, 5.41) is 14.1. The zero-order chi connectivity index (χ0) is 16.2. The van der Waals surface area contributed by atoms with E-state index in [9.17, 15) is 4.79 Å². The van der Waals surface area contributed by atoms with Gasteiger partial charge in [-0.1, -0.05) is 42.0 Å². The summed E-state index contributed by atoms with van der Waals surface area (Å²) in [7, 11) is 0. The van der Waals surface area contributed by atoms with E-state index in [1.807, 2.05) is 56.3 Å². The van der Waals surface area contributed by atoms with Crippen LogP contribution in [-0.4, -0.2) is 26.1 Å². The Balaban J connectivity index is 1.83. The van der Waals surface area contributed by atoms with Crippen LogP contribution < -0.4 is 5.32 Å². The first-order chi connectivity index (χ1) is 11.1. The lowest BCUT2D eigenvalue weighted by atomic mass is 10.1. The van der Waals surface area contributed by atoms with Crippen LogP contribution in [0.4, 0.5) is 0 Å². The Bertz CT molecular complexity index is 796. The van der Waals surface area contributed by atoms with Gasteiger partial charge >= 0.3 is 0 Å². The number of aromatic nitrogens is 4. The van der Waals surface area contributed by atoms with Crippen LogP contribution in [0.15, 0.2) is 54.9 Å². The van der Waals surface area contributed by atoms with Gasteiger partial charge < -0.3 is 5.32 Å². The Morgan fingerprint density at radius 1 is 1.13 bits per heavy atom. The summed E-state index contributed by atoms with van der Waals surface area (Å²) in [6, 6.07) is 15.2. The number of aryl methyl sites for hydroxylation is 1. The van der Waals surface area contributed by atoms with Crippen molar-refractivity contribution in [3.05, 3.63) is 71.5 Å². The van der Waals surface area contributed by atoms with Gasteiger partial charge in [-0.15, -0.1) is 5.10 Å². The Kier molecular flexibility index (Phi) is 4.14. The molecule has 1 atom stereocenters. The fourth-order valence-electron chi connectivity index (χ4n) is 2.35. The molecule has 0 aliphatic heterocycles. The molecule has 0 fully saturated rings. The first kappa shape index (κ1) is 14.9. The fraction of sp³-hybridized carbons (Fsp3) is 0.176. The minimum absolute atomic E-state index is 0.0926. The Hall–Kier alpha value is -3.02. The van der Waals surface area contributed by atoms with Crippen LogP contribution in [0.5, 0.6) is 0 Å². The van der Waals surface area contributed by atoms with Crippen LogP contribution in [0.25, 0.3) is 5.69 Å². The molecule has 1 amide bonds. The molecule has 0 aliphatic rings. The lowest BCUT2D eigenvalue weighted by molar-refractivity contribution is 0.0939. The Morgan fingerprint density at radius 3 is 2.57 bits per heavy atom. The second-order valence-corrected chi connectivity index (χ2v) is 5.38. The maximum atomic E-state index is 12.6. The SMILES string of the molecule is Cc1ccc(C(C)NC(=O)c2ccccc2-n2cnnn2)cc1. The molecular weight excluding hydrogens is 290 g/mol. The minimum Gasteiger partial charge on any atom is -0.345 e. The van der Waals surface area contributed by atoms with Gasteiger partial charge in [0, 0.05) is 0 Å². The van der Waals surface area contributed by atoms with E-state index in [2.05, 4.69) is 20.8 Å². The highest BCUT2D eigenvalue weighted by Gasteiger charge is 2.16. The van der Waals surface area contributed by atoms with Crippen LogP contribution in [0.1, 0.15) is 34.5 Å². The molecule has 23 heavy (non-hydrogen) atoms. The van der Waals surface area contributed by atoms with Gasteiger partial charge in [0.15, 0.2) is 0 Å². The summed E-state index contributed by atoms with van der Waals surface area (Å²) in [5.41, 5.74) is 3.42. The maximum absolute atomic E-state index is 12.6. The van der Waals surface area contributed by atoms with Gasteiger partial charge in [-0.2, -0.15) is 4.68 Å². The molecule has 0 radical (unpaired) electrons. The van der Waals surface area contributed by atoms with Gasteiger partial charge in [0.25, 0.3) is 5.91 Å². The van der Waals surface area contributed by atoms with E-state index in [1.165, 1.54) is 16.6 Å². The zero-order valence-electron chi connectivity index (χ0n) is 13.0. The molecule has 3 aromatic rings. The predicted octanol–water partition coefficient (Wildman–Crippen LogP) is 2.46. The van der Waals surface area contributed by atoms with Crippen molar-refractivity contribution in [2.75, 3.05) is 0 Å². The smallest absolute Gasteiger partial charge is 0.253 e. The number of rotatable bonds is 4. The molecule has 6 heteroatoms. The molecule has 1 aromatic heterocycles. The molecular formula is C17H17N5O. The van der Waals surface area contributed by atoms with Gasteiger partial charge in [0.2, 0.25) is 0 Å². The number of nitrogens with one attached hydrogen (secondary N) is 1. The van der Waals surface area contributed by atoms with Gasteiger partial charge in [-0.05, 0) is 42.0 Å². The molecule has 2 aromatic carbocycles. The van der Waals surface area contributed by atoms with Crippen molar-refractivity contribution in [2.24, 2.45) is 0 Å². The number of carbonyl (C=O) groups excluding carboxylic acids is 1. The highest BCUT2D eigenvalue weighted by Crippen LogP contribution is 2.17. The van der Waals surface area contributed by atoms with Gasteiger partial charge in [-0.3, -0.25) is 4.79 Å². The molecule has 0 saturated heterocycles. The lowest BCUT2D eigenvalue weighted by Gasteiger charge is -2.16. The highest BCUT2D eigenvalue weighted by atomic mass is 16.1. The number of tetrazole rings is 1. The van der Waals surface area contributed by atoms with E-state index in [4.69, 9.17) is 0 Å². The van der Waals surface area contributed by atoms with Crippen molar-refractivity contribution in [3.63, 3.8) is 0 Å². The minimum atomic E-state index is -0.163. The number of hydrogen-bond acceptors (Lipinski definition) is 4. The van der Waals surface area contributed by atoms with E-state index < -0.39 is 0 Å². The molecule has 0 bridgehead atoms. The summed E-state index contributed by atoms with van der Waals surface area (Å²) < 4.78 is 1.48. The molecule has 1 heterocycles. The number of carbonyl (C=O) groups is 1. The van der Waals surface area contributed by atoms with E-state index in [-0.39, 0.29) is 11.9 Å². The highest BCUT2D eigenvalue weighted by molar-refractivity contribution is 5.97. The third-order valence-corrected chi connectivity index (χ3v) is 3.67. The van der Waals surface area contributed by atoms with Crippen LogP contribution in [0, 0.1) is 6.92 Å². The van der Waals surface area contributed by atoms with Crippen molar-refractivity contribution in [2.45, 2.75) is 19.9 Å². The number of hydrogen-bond donors (Lipinski definition) is 1. The average Bonchev–Trinajstić information content (AvgIpc) is 3.09. The fourth-order valence-corrected chi connectivity index (χ4v) is 2.35. The first-order valence-corrected chi connectivity index (χ1v) is 7.35. The van der Waals surface area contributed by atoms with Crippen molar-refractivity contribution in [1.82, 2.24) is 25.5 Å². The molecule has 1 N–H and O–H groups in total. The van der Waals surface area contributed by atoms with Crippen molar-refractivity contribution in [3.8, 4) is 5.69 Å². The predicted molar refractivity (Wildman–Crippen MR) is 86.2 cm³/mol. The van der Waals surface area contributed by atoms with Gasteiger partial charge in [0.1, 0.15) is 6.33 Å². The van der Waals surface area contributed by atoms with Crippen LogP contribution >= 0.6 is 0 Å². The Morgan fingerprint density at radius 2 is 1.87 bits per heavy atom. The largest absolute Gasteiger partial charge is 0.345 e. The first-order valence-electron chi connectivity index (χ1n) is 7.35. The van der Waals surface area contributed by atoms with Crippen LogP contribution in [0.2, 0.25) is 0 Å². The third kappa shape index (κ3) is 3.26. The summed E-state index contributed by atoms with van der Waals surface area (Å²) in [6.45, 7) is 4.00. The maximum Gasteiger partial charge on any atom is 0.253 e. The van der Waals surface area contributed by atoms with E-state index in [1.54, 1.807) is 6.07 Å². The molecule has 0 saturated carbocycles. The summed E-state index contributed by atoms with van der Waals surface area (Å²) in [6.07, 6.45) is 1.47. The number of amides is 1. The van der Waals surface area contributed by atoms with Crippen molar-refractivity contribution < 1.29 is 4.79 Å². The molecule has 0 spiro atoms. The van der Waals surface area contributed by atoms with E-state index in [0.717, 1.165) is 5.56 Å². The molecule has 116 valence electrons. The monoisotopic (exact) mass is 307 g/mol. The average molecular weight is 307 g/mol. The lowest BCUT2D eigenvalue weighted by Crippen LogP contribution is -2.27. The number of benzene rings is 2. The zero-order valence-corrected chi connectivity index (χ0v) is 13.0. The summed E-state index contributed by atoms with van der Waals surface area (Å²) in [5.74, 6) is -0.163. The Labute approximate surface area is 134 Å². The second kappa shape index (κ2) is 6.39. The standard InChI is InChI=1S/C17H17N5O/c1-12-7-9-14(10-8-12)13(2)19-17(23)15-5-3-4-6-16(15)22-11-18-20-21-22/h3-11,13H,1-2H3,(H,19,23). The third-order valence-electron chi connectivity index (χ3n) is 3.67. The quantitative estimate of drug-likeness (QED) is 0.803.